The molecule has 0 rings (SSSR count). The molecule has 0 heterocycles. The van der Waals surface area contributed by atoms with Crippen LogP contribution < -0.4 is 0 Å². The Hall–Kier alpha value is 1.78. The summed E-state index contributed by atoms with van der Waals surface area (Å²) in [6, 6.07) is 0. The summed E-state index contributed by atoms with van der Waals surface area (Å²) < 4.78 is 0. The summed E-state index contributed by atoms with van der Waals surface area (Å²) in [5, 5.41) is 7.74. The zero-order valence-electron chi connectivity index (χ0n) is 5.45. The first-order valence-corrected chi connectivity index (χ1v) is 1.62. The Balaban J connectivity index is -0.00000000750. The van der Waals surface area contributed by atoms with Crippen molar-refractivity contribution in [3.05, 3.63) is 0 Å². The van der Waals surface area contributed by atoms with E-state index in [1.807, 2.05) is 0 Å². The van der Waals surface area contributed by atoms with E-state index >= 15 is 0 Å². The van der Waals surface area contributed by atoms with Gasteiger partial charge in [0.2, 0.25) is 0 Å². The van der Waals surface area contributed by atoms with Crippen molar-refractivity contribution in [1.82, 2.24) is 0 Å². The number of aliphatic hydroxyl groups is 1. The fraction of sp³-hybridized carbons (Fsp3) is 1.00. The molecule has 3 N–H and O–H groups in total. The second kappa shape index (κ2) is 15.9. The molecule has 6 heavy (non-hydrogen) atoms. The molecular formula is C2H9BaClO2. The first-order valence-electron chi connectivity index (χ1n) is 1.08. The molecule has 0 aromatic carbocycles. The summed E-state index contributed by atoms with van der Waals surface area (Å²) in [6.45, 7) is 0.0849. The van der Waals surface area contributed by atoms with E-state index in [1.54, 1.807) is 0 Å². The van der Waals surface area contributed by atoms with E-state index in [4.69, 9.17) is 16.7 Å². The first-order chi connectivity index (χ1) is 1.91. The van der Waals surface area contributed by atoms with E-state index in [0.29, 0.717) is 5.88 Å². The average molecular weight is 238 g/mol. The molecule has 0 aliphatic carbocycles. The zero-order valence-corrected chi connectivity index (χ0v) is 8.64. The van der Waals surface area contributed by atoms with Crippen LogP contribution in [0.4, 0.5) is 0 Å². The molecule has 38 valence electrons. The van der Waals surface area contributed by atoms with Crippen LogP contribution in [0.1, 0.15) is 2.85 Å². The monoisotopic (exact) mass is 238 g/mol. The molecule has 2 nitrogen and oxygen atoms in total. The molecule has 4 heteroatoms. The summed E-state index contributed by atoms with van der Waals surface area (Å²) in [4.78, 5) is 0. The maximum atomic E-state index is 7.74. The molecule has 0 fully saturated rings. The maximum absolute atomic E-state index is 7.74. The van der Waals surface area contributed by atoms with Crippen molar-refractivity contribution in [2.75, 3.05) is 12.5 Å². The van der Waals surface area contributed by atoms with Gasteiger partial charge in [0.15, 0.2) is 0 Å². The third-order valence-corrected chi connectivity index (χ3v) is 0.254. The predicted molar refractivity (Wildman–Crippen MR) is 29.4 cm³/mol. The van der Waals surface area contributed by atoms with Crippen molar-refractivity contribution in [3.8, 4) is 0 Å². The Kier molecular flexibility index (Phi) is 41.4. The van der Waals surface area contributed by atoms with Crippen LogP contribution in [0.3, 0.4) is 0 Å². The summed E-state index contributed by atoms with van der Waals surface area (Å²) in [5.74, 6) is 0.347. The van der Waals surface area contributed by atoms with Gasteiger partial charge in [-0.2, -0.15) is 0 Å². The fourth-order valence-corrected chi connectivity index (χ4v) is 0. The van der Waals surface area contributed by atoms with Gasteiger partial charge in [-0.1, -0.05) is 0 Å². The van der Waals surface area contributed by atoms with Crippen LogP contribution in [-0.4, -0.2) is 72.0 Å². The number of halogens is 1. The minimum Gasteiger partial charge on any atom is -1.00 e. The largest absolute Gasteiger partial charge is 2.00 e. The molecule has 0 atom stereocenters. The van der Waals surface area contributed by atoms with Crippen molar-refractivity contribution in [2.24, 2.45) is 0 Å². The SMILES string of the molecule is O.OCCCl.[Ba+2].[H-].[H-]. The van der Waals surface area contributed by atoms with Crippen LogP contribution in [0.2, 0.25) is 0 Å². The fourth-order valence-electron chi connectivity index (χ4n) is 0. The molecule has 0 saturated carbocycles. The van der Waals surface area contributed by atoms with Gasteiger partial charge in [0.1, 0.15) is 0 Å². The third kappa shape index (κ3) is 17.1. The number of hydrogen-bond donors (Lipinski definition) is 1. The van der Waals surface area contributed by atoms with E-state index < -0.39 is 0 Å². The van der Waals surface area contributed by atoms with Gasteiger partial charge in [-0.25, -0.2) is 0 Å². The molecule has 0 unspecified atom stereocenters. The van der Waals surface area contributed by atoms with E-state index in [9.17, 15) is 0 Å². The van der Waals surface area contributed by atoms with Crippen molar-refractivity contribution in [2.45, 2.75) is 0 Å². The Morgan fingerprint density at radius 1 is 1.67 bits per heavy atom. The number of hydrogen-bond acceptors (Lipinski definition) is 1. The van der Waals surface area contributed by atoms with Crippen LogP contribution in [0.15, 0.2) is 0 Å². The summed E-state index contributed by atoms with van der Waals surface area (Å²) in [7, 11) is 0. The van der Waals surface area contributed by atoms with E-state index in [-0.39, 0.29) is 63.8 Å². The standard InChI is InChI=1S/C2H5ClO.Ba.H2O.2H/c3-1-2-4;;;;/h4H,1-2H2;;1H2;;/q;+2;;2*-1. The summed E-state index contributed by atoms with van der Waals surface area (Å²) >= 11 is 4.94. The van der Waals surface area contributed by atoms with Crippen LogP contribution in [0.5, 0.6) is 0 Å². The predicted octanol–water partition coefficient (Wildman–Crippen LogP) is -0.763. The van der Waals surface area contributed by atoms with Gasteiger partial charge in [-0.15, -0.1) is 11.6 Å². The van der Waals surface area contributed by atoms with Crippen LogP contribution >= 0.6 is 11.6 Å². The summed E-state index contributed by atoms with van der Waals surface area (Å²) in [5.41, 5.74) is 0. The van der Waals surface area contributed by atoms with Gasteiger partial charge in [0, 0.05) is 5.88 Å². The molecule has 0 spiro atoms. The van der Waals surface area contributed by atoms with Crippen molar-refractivity contribution < 1.29 is 13.4 Å². The molecule has 0 saturated heterocycles. The van der Waals surface area contributed by atoms with Crippen molar-refractivity contribution in [1.29, 1.82) is 0 Å². The van der Waals surface area contributed by atoms with Gasteiger partial charge >= 0.3 is 48.9 Å². The number of rotatable bonds is 1. The van der Waals surface area contributed by atoms with Crippen molar-refractivity contribution in [3.63, 3.8) is 0 Å². The molecule has 0 bridgehead atoms. The zero-order chi connectivity index (χ0) is 3.41. The average Bonchev–Trinajstić information content (AvgIpc) is 1.37. The van der Waals surface area contributed by atoms with Crippen molar-refractivity contribution >= 4 is 60.5 Å². The molecule has 0 aliphatic rings. The molecule has 0 radical (unpaired) electrons. The van der Waals surface area contributed by atoms with E-state index in [0.717, 1.165) is 0 Å². The normalized spacial score (nSPS) is 5.00. The van der Waals surface area contributed by atoms with E-state index in [1.165, 1.54) is 0 Å². The van der Waals surface area contributed by atoms with Gasteiger partial charge in [0.05, 0.1) is 6.61 Å². The third-order valence-electron chi connectivity index (χ3n) is 0.0845. The van der Waals surface area contributed by atoms with Gasteiger partial charge < -0.3 is 13.4 Å². The van der Waals surface area contributed by atoms with Crippen LogP contribution in [0.25, 0.3) is 0 Å². The van der Waals surface area contributed by atoms with Gasteiger partial charge in [0.25, 0.3) is 0 Å². The van der Waals surface area contributed by atoms with Crippen LogP contribution in [0, 0.1) is 0 Å². The number of aliphatic hydroxyl groups excluding tert-OH is 1. The van der Waals surface area contributed by atoms with Gasteiger partial charge in [-0.05, 0) is 0 Å². The number of alkyl halides is 1. The molecule has 0 amide bonds. The topological polar surface area (TPSA) is 51.7 Å². The van der Waals surface area contributed by atoms with Crippen LogP contribution in [-0.2, 0) is 0 Å². The minimum absolute atomic E-state index is 0. The minimum atomic E-state index is 0. The maximum Gasteiger partial charge on any atom is 2.00 e. The smallest absolute Gasteiger partial charge is 1.00 e. The van der Waals surface area contributed by atoms with E-state index in [2.05, 4.69) is 0 Å². The Labute approximate surface area is 85.2 Å². The second-order valence-corrected chi connectivity index (χ2v) is 0.791. The molecular weight excluding hydrogens is 229 g/mol. The molecule has 0 aromatic rings. The molecule has 0 aliphatic heterocycles. The Morgan fingerprint density at radius 3 is 1.83 bits per heavy atom. The first kappa shape index (κ1) is 15.7. The van der Waals surface area contributed by atoms with Gasteiger partial charge in [-0.3, -0.25) is 0 Å². The summed E-state index contributed by atoms with van der Waals surface area (Å²) in [6.07, 6.45) is 0. The molecule has 0 aromatic heterocycles. The quantitative estimate of drug-likeness (QED) is 0.473. The Bertz CT molecular complexity index is 20.0. The Morgan fingerprint density at radius 2 is 1.83 bits per heavy atom. The second-order valence-electron chi connectivity index (χ2n) is 0.413.